The highest BCUT2D eigenvalue weighted by molar-refractivity contribution is 9.94. The third-order valence-electron chi connectivity index (χ3n) is 15.0. The minimum absolute atomic E-state index is 0.00836. The van der Waals surface area contributed by atoms with E-state index in [-0.39, 0.29) is 33.8 Å². The topological polar surface area (TPSA) is 402 Å². The Morgan fingerprint density at radius 1 is 0.628 bits per heavy atom. The van der Waals surface area contributed by atoms with E-state index in [2.05, 4.69) is 210 Å². The summed E-state index contributed by atoms with van der Waals surface area (Å²) in [4.78, 5) is 91.1. The molecule has 2 aromatic carbocycles. The molecule has 32 nitrogen and oxygen atoms in total. The summed E-state index contributed by atoms with van der Waals surface area (Å²) in [5.41, 5.74) is 12.1. The van der Waals surface area contributed by atoms with Crippen LogP contribution in [0.4, 0.5) is 0 Å². The van der Waals surface area contributed by atoms with Gasteiger partial charge in [-0.1, -0.05) is 71.2 Å². The maximum Gasteiger partial charge on any atom is 0.514 e. The van der Waals surface area contributed by atoms with E-state index in [4.69, 9.17) is 42.2 Å². The van der Waals surface area contributed by atoms with E-state index in [1.807, 2.05) is 88.9 Å². The lowest BCUT2D eigenvalue weighted by Gasteiger charge is -2.32. The Morgan fingerprint density at radius 3 is 1.56 bits per heavy atom. The van der Waals surface area contributed by atoms with Crippen molar-refractivity contribution in [3.8, 4) is 51.6 Å². The van der Waals surface area contributed by atoms with E-state index >= 15 is 0 Å². The largest absolute Gasteiger partial charge is 0.514 e. The number of carboxylic acids is 1. The van der Waals surface area contributed by atoms with Gasteiger partial charge in [-0.25, -0.2) is 43.7 Å². The van der Waals surface area contributed by atoms with Crippen LogP contribution >= 0.6 is 139 Å². The van der Waals surface area contributed by atoms with Crippen molar-refractivity contribution in [1.29, 1.82) is 0 Å². The van der Waals surface area contributed by atoms with E-state index in [1.54, 1.807) is 74.0 Å². The molecular weight excluding hydrogens is 2020 g/mol. The van der Waals surface area contributed by atoms with Gasteiger partial charge in [0.05, 0.1) is 80.8 Å². The first-order valence-corrected chi connectivity index (χ1v) is 49.4. The monoisotopic (exact) mass is 2090 g/mol. The van der Waals surface area contributed by atoms with Crippen LogP contribution in [0, 0.1) is 18.8 Å². The van der Waals surface area contributed by atoms with E-state index in [0.717, 1.165) is 52.2 Å². The van der Waals surface area contributed by atoms with Crippen LogP contribution in [0.2, 0.25) is 10.3 Å². The van der Waals surface area contributed by atoms with Crippen LogP contribution in [-0.4, -0.2) is 174 Å². The Kier molecular flexibility index (Phi) is 42.4. The van der Waals surface area contributed by atoms with Crippen molar-refractivity contribution in [1.82, 2.24) is 64.4 Å². The molecule has 44 heteroatoms. The molecule has 113 heavy (non-hydrogen) atoms. The van der Waals surface area contributed by atoms with Crippen LogP contribution in [-0.2, 0) is 99.5 Å². The first-order chi connectivity index (χ1) is 52.7. The van der Waals surface area contributed by atoms with Crippen molar-refractivity contribution in [3.63, 3.8) is 0 Å². The van der Waals surface area contributed by atoms with Gasteiger partial charge in [0.15, 0.2) is 17.1 Å². The van der Waals surface area contributed by atoms with E-state index in [0.29, 0.717) is 51.0 Å². The van der Waals surface area contributed by atoms with Crippen molar-refractivity contribution >= 4 is 187 Å². The predicted octanol–water partition coefficient (Wildman–Crippen LogP) is 14.1. The van der Waals surface area contributed by atoms with Gasteiger partial charge in [0.1, 0.15) is 33.0 Å². The summed E-state index contributed by atoms with van der Waals surface area (Å²) in [6.45, 7) is 12.6. The van der Waals surface area contributed by atoms with Gasteiger partial charge in [-0.2, -0.15) is 15.3 Å². The first-order valence-electron chi connectivity index (χ1n) is 32.3. The highest BCUT2D eigenvalue weighted by Crippen LogP contribution is 2.69. The molecular formula is C69H80BBr7Cl2N14O18P2. The Morgan fingerprint density at radius 2 is 1.10 bits per heavy atom. The number of H-pyrrole nitrogens is 1. The van der Waals surface area contributed by atoms with Crippen LogP contribution < -0.4 is 27.2 Å². The standard InChI is InChI=1S/C28H28N4O3.C11H15BClNO2.C11H10ClN3O2.C6H7BrN2O2.C6H8N2O3.C6H6O4.CH6N2.2Br3OP/c1-18-7-10-27(35-17-19-8-9-21-16-31(2)12-11-20(21)14-19)22(13-18)23-5-4-6-24(29-23)26-15-25(28(33)34)30-32(26)3;1-10(2)11(3,4)16-12(15-10)8-6-5-7-9(13)14-8;1-15-9(6-8(14-15)11(16)17-2)7-4-3-5-10(12)13-7;1-9-5(7)3-4(8-9)6(10)11-2;1-8-5(9)3-4(7-8)6(10)11-2;1-9-5(7)3-4-6(8)10-2;1-3-2;2*1-5(2,3)4/h4-10,13-15H,11-12,16-17H2,1-3H3,(H,33,34);5-7H,1-4H3;3-6H,1-2H3;3H,1-2H3;3,7H,1-2H3;1-2H3;3H,2H2,1H3;;. The van der Waals surface area contributed by atoms with Crippen LogP contribution in [0.3, 0.4) is 0 Å². The second kappa shape index (κ2) is 47.9. The van der Waals surface area contributed by atoms with Crippen LogP contribution in [0.1, 0.15) is 91.9 Å². The maximum atomic E-state index is 11.3. The molecule has 1 fully saturated rings. The highest BCUT2D eigenvalue weighted by Gasteiger charge is 2.52. The summed E-state index contributed by atoms with van der Waals surface area (Å²) in [7, 11) is 16.3. The van der Waals surface area contributed by atoms with Gasteiger partial charge >= 0.3 is 42.9 Å². The Bertz CT molecular complexity index is 4880. The molecule has 0 saturated carbocycles. The minimum Gasteiger partial charge on any atom is -0.488 e. The molecule has 0 atom stereocenters. The number of fused-ring (bicyclic) bond motifs is 1. The molecule has 0 aliphatic carbocycles. The zero-order chi connectivity index (χ0) is 85.5. The Hall–Kier alpha value is -7.03. The number of rotatable bonds is 11. The molecule has 0 radical (unpaired) electrons. The molecule has 7 aromatic heterocycles. The molecule has 11 rings (SSSR count). The quantitative estimate of drug-likeness (QED) is 0.0107. The predicted molar refractivity (Wildman–Crippen MR) is 456 cm³/mol. The summed E-state index contributed by atoms with van der Waals surface area (Å²) < 4.78 is 61.9. The number of hydrogen-bond acceptors (Lipinski definition) is 26. The average molecular weight is 2100 g/mol. The SMILES string of the molecule is CC1(C)OB(c2cccc(Cl)n2)OC1(C)C.CNN.COC(=O)C#CC(=O)OC.COC(=O)c1cc(-c2cccc(Cl)n2)n(C)n1.COC(=O)c1cc(=O)n(C)[nH]1.COC(=O)c1cc(Br)n(C)n1.Cc1ccc(OCc2ccc3c(c2)CCN(C)C3)c(-c2cccc(-c3cc(C(=O)O)nn3C)n2)c1.O=P(Br)(Br)Br.O=P(Br)(Br)Br. The van der Waals surface area contributed by atoms with Crippen LogP contribution in [0.25, 0.3) is 34.0 Å². The lowest BCUT2D eigenvalue weighted by Crippen LogP contribution is -2.41. The van der Waals surface area contributed by atoms with Crippen LogP contribution in [0.15, 0.2) is 125 Å². The second-order valence-corrected chi connectivity index (χ2v) is 62.1. The number of benzene rings is 2. The number of hydrazine groups is 1. The molecule has 9 heterocycles. The molecule has 1 saturated heterocycles. The van der Waals surface area contributed by atoms with Gasteiger partial charge < -0.3 is 47.7 Å². The molecule has 0 amide bonds. The zero-order valence-corrected chi connectivity index (χ0v) is 78.0. The fraction of sp³-hybridized carbons (Fsp3) is 0.319. The number of pyridine rings is 3. The zero-order valence-electron chi connectivity index (χ0n) is 63.6. The number of carbonyl (C=O) groups excluding carboxylic acids is 5. The van der Waals surface area contributed by atoms with Crippen molar-refractivity contribution in [3.05, 3.63) is 186 Å². The molecule has 2 aliphatic heterocycles. The van der Waals surface area contributed by atoms with E-state index < -0.39 is 49.4 Å². The van der Waals surface area contributed by atoms with Crippen molar-refractivity contribution < 1.29 is 80.7 Å². The second-order valence-electron chi connectivity index (χ2n) is 23.8. The highest BCUT2D eigenvalue weighted by atomic mass is 80.0. The number of aromatic carboxylic acids is 1. The van der Waals surface area contributed by atoms with Crippen LogP contribution in [0.5, 0.6) is 5.75 Å². The first kappa shape index (κ1) is 100. The third kappa shape index (κ3) is 35.5. The maximum absolute atomic E-state index is 11.3. The van der Waals surface area contributed by atoms with Crippen molar-refractivity contribution in [2.75, 3.05) is 56.2 Å². The van der Waals surface area contributed by atoms with Gasteiger partial charge in [-0.15, -0.1) is 0 Å². The Balaban J connectivity index is 0.000000362. The summed E-state index contributed by atoms with van der Waals surface area (Å²) in [6.07, 6.45) is 1.06. The minimum atomic E-state index is -2.20. The third-order valence-corrected chi connectivity index (χ3v) is 16.2. The number of methoxy groups -OCH3 is 5. The number of aromatic amines is 1. The lowest BCUT2D eigenvalue weighted by atomic mass is 9.84. The summed E-state index contributed by atoms with van der Waals surface area (Å²) in [5, 5.41) is 24.6. The molecule has 5 N–H and O–H groups in total. The van der Waals surface area contributed by atoms with Gasteiger partial charge in [-0.3, -0.25) is 49.0 Å². The van der Waals surface area contributed by atoms with Gasteiger partial charge in [-0.05, 0) is 136 Å². The van der Waals surface area contributed by atoms with Gasteiger partial charge in [0.2, 0.25) is 0 Å². The number of nitrogens with two attached hydrogens (primary N) is 1. The summed E-state index contributed by atoms with van der Waals surface area (Å²) in [5.74, 6) is 5.13. The number of nitrogens with zero attached hydrogens (tertiary/aromatic N) is 11. The number of carboxylic acid groups (broad SMARTS) is 1. The summed E-state index contributed by atoms with van der Waals surface area (Å²) >= 11 is 31.4. The number of ether oxygens (including phenoxy) is 6. The molecule has 610 valence electrons. The average Bonchev–Trinajstić information content (AvgIpc) is 1.64. The smallest absolute Gasteiger partial charge is 0.488 e. The Labute approximate surface area is 718 Å². The summed E-state index contributed by atoms with van der Waals surface area (Å²) in [6, 6.07) is 35.1. The van der Waals surface area contributed by atoms with Gasteiger partial charge in [0.25, 0.3) is 12.1 Å². The molecule has 9 aromatic rings. The van der Waals surface area contributed by atoms with E-state index in [9.17, 15) is 47.8 Å². The number of aromatic nitrogens is 11. The van der Waals surface area contributed by atoms with Crippen molar-refractivity contribution in [2.24, 2.45) is 34.0 Å². The molecule has 2 aliphatic rings. The van der Waals surface area contributed by atoms with Crippen molar-refractivity contribution in [2.45, 2.75) is 65.4 Å². The number of likely N-dealkylation sites (N-methyl/N-ethyl adjacent to an activating group) is 1. The molecule has 0 unspecified atom stereocenters. The lowest BCUT2D eigenvalue weighted by molar-refractivity contribution is -0.135. The number of aryl methyl sites for hydroxylation is 5. The fourth-order valence-electron chi connectivity index (χ4n) is 9.04. The number of carbonyl (C=O) groups is 6. The molecule has 0 bridgehead atoms. The number of nitrogens with one attached hydrogen (secondary N) is 2. The number of hydrogen-bond donors (Lipinski definition) is 4. The molecule has 0 spiro atoms. The van der Waals surface area contributed by atoms with Gasteiger partial charge in [0, 0.05) is 176 Å². The number of halogens is 9. The van der Waals surface area contributed by atoms with E-state index in [1.165, 1.54) is 75.2 Å². The normalized spacial score (nSPS) is 12.6. The number of esters is 5. The fourth-order valence-corrected chi connectivity index (χ4v) is 9.67.